The topological polar surface area (TPSA) is 87.7 Å². The van der Waals surface area contributed by atoms with E-state index in [1.807, 2.05) is 6.07 Å². The van der Waals surface area contributed by atoms with E-state index in [1.165, 1.54) is 6.07 Å². The number of hydrogen-bond donors (Lipinski definition) is 4. The zero-order chi connectivity index (χ0) is 24.7. The van der Waals surface area contributed by atoms with Crippen LogP contribution in [0.1, 0.15) is 38.5 Å². The fraction of sp³-hybridized carbons (Fsp3) is 0.577. The third kappa shape index (κ3) is 7.27. The number of anilines is 2. The molecule has 9 heteroatoms. The highest BCUT2D eigenvalue weighted by Gasteiger charge is 2.29. The summed E-state index contributed by atoms with van der Waals surface area (Å²) in [5.41, 5.74) is 0.889. The van der Waals surface area contributed by atoms with Gasteiger partial charge >= 0.3 is 0 Å². The number of nitrogens with zero attached hydrogens (tertiary/aromatic N) is 1. The van der Waals surface area contributed by atoms with Crippen LogP contribution in [0.2, 0.25) is 5.02 Å². The molecule has 4 N–H and O–H groups in total. The fourth-order valence-corrected chi connectivity index (χ4v) is 4.98. The van der Waals surface area contributed by atoms with Gasteiger partial charge in [-0.15, -0.1) is 0 Å². The van der Waals surface area contributed by atoms with E-state index in [2.05, 4.69) is 20.9 Å². The van der Waals surface area contributed by atoms with Crippen LogP contribution >= 0.6 is 11.6 Å². The maximum Gasteiger partial charge on any atom is 0.131 e. The molecule has 4 rings (SSSR count). The van der Waals surface area contributed by atoms with Crippen LogP contribution < -0.4 is 16.0 Å². The van der Waals surface area contributed by atoms with Crippen molar-refractivity contribution in [2.75, 3.05) is 50.7 Å². The van der Waals surface area contributed by atoms with Crippen molar-refractivity contribution >= 4 is 23.1 Å². The van der Waals surface area contributed by atoms with Crippen LogP contribution in [0.15, 0.2) is 30.5 Å². The Labute approximate surface area is 211 Å². The first kappa shape index (κ1) is 26.1. The van der Waals surface area contributed by atoms with E-state index in [0.29, 0.717) is 66.7 Å². The van der Waals surface area contributed by atoms with Crippen molar-refractivity contribution in [3.05, 3.63) is 41.3 Å². The second-order valence-electron chi connectivity index (χ2n) is 9.57. The molecule has 2 fully saturated rings. The lowest BCUT2D eigenvalue weighted by Gasteiger charge is -2.32. The van der Waals surface area contributed by atoms with Gasteiger partial charge in [0.2, 0.25) is 0 Å². The average Bonchev–Trinajstić information content (AvgIpc) is 2.86. The Kier molecular flexibility index (Phi) is 9.19. The molecule has 0 spiro atoms. The van der Waals surface area contributed by atoms with Gasteiger partial charge in [0.05, 0.1) is 17.2 Å². The molecule has 2 heterocycles. The second kappa shape index (κ2) is 12.3. The van der Waals surface area contributed by atoms with Gasteiger partial charge in [-0.1, -0.05) is 11.6 Å². The van der Waals surface area contributed by atoms with Crippen molar-refractivity contribution in [1.29, 1.82) is 0 Å². The summed E-state index contributed by atoms with van der Waals surface area (Å²) < 4.78 is 25.3. The van der Waals surface area contributed by atoms with Gasteiger partial charge in [0, 0.05) is 81.3 Å². The molecule has 0 amide bonds. The van der Waals surface area contributed by atoms with E-state index in [1.54, 1.807) is 25.4 Å². The van der Waals surface area contributed by atoms with Crippen LogP contribution in [-0.2, 0) is 9.47 Å². The minimum absolute atomic E-state index is 0.315. The highest BCUT2D eigenvalue weighted by molar-refractivity contribution is 6.33. The molecule has 1 aliphatic heterocycles. The third-order valence-electron chi connectivity index (χ3n) is 6.98. The fourth-order valence-electron chi connectivity index (χ4n) is 4.78. The Balaban J connectivity index is 1.40. The van der Waals surface area contributed by atoms with E-state index < -0.39 is 5.60 Å². The van der Waals surface area contributed by atoms with Crippen molar-refractivity contribution in [2.24, 2.45) is 0 Å². The minimum Gasteiger partial charge on any atom is -0.388 e. The molecule has 1 saturated heterocycles. The zero-order valence-corrected chi connectivity index (χ0v) is 21.0. The molecule has 0 unspecified atom stereocenters. The lowest BCUT2D eigenvalue weighted by Crippen LogP contribution is -2.42. The Hall–Kier alpha value is -1.97. The molecule has 2 aliphatic rings. The maximum atomic E-state index is 14.9. The van der Waals surface area contributed by atoms with Gasteiger partial charge in [-0.05, 0) is 49.9 Å². The normalized spacial score (nSPS) is 22.1. The smallest absolute Gasteiger partial charge is 0.131 e. The summed E-state index contributed by atoms with van der Waals surface area (Å²) in [7, 11) is 1.71. The quantitative estimate of drug-likeness (QED) is 0.354. The number of rotatable bonds is 10. The summed E-state index contributed by atoms with van der Waals surface area (Å²) >= 11 is 6.45. The highest BCUT2D eigenvalue weighted by atomic mass is 35.5. The summed E-state index contributed by atoms with van der Waals surface area (Å²) in [6, 6.07) is 7.48. The molecule has 2 aromatic rings. The Bertz CT molecular complexity index is 966. The van der Waals surface area contributed by atoms with Crippen molar-refractivity contribution in [1.82, 2.24) is 10.3 Å². The van der Waals surface area contributed by atoms with Gasteiger partial charge in [-0.25, -0.2) is 9.37 Å². The number of benzene rings is 1. The largest absolute Gasteiger partial charge is 0.388 e. The molecule has 0 bridgehead atoms. The molecule has 0 atom stereocenters. The van der Waals surface area contributed by atoms with E-state index in [9.17, 15) is 9.50 Å². The van der Waals surface area contributed by atoms with E-state index >= 15 is 0 Å². The Morgan fingerprint density at radius 2 is 1.89 bits per heavy atom. The first-order valence-corrected chi connectivity index (χ1v) is 12.8. The van der Waals surface area contributed by atoms with Gasteiger partial charge in [0.15, 0.2) is 0 Å². The predicted octanol–water partition coefficient (Wildman–Crippen LogP) is 4.45. The minimum atomic E-state index is -0.823. The number of methoxy groups -OCH3 is 1. The Morgan fingerprint density at radius 1 is 1.14 bits per heavy atom. The van der Waals surface area contributed by atoms with E-state index in [0.717, 1.165) is 44.5 Å². The van der Waals surface area contributed by atoms with Gasteiger partial charge < -0.3 is 30.5 Å². The maximum absolute atomic E-state index is 14.9. The van der Waals surface area contributed by atoms with Crippen molar-refractivity contribution in [3.8, 4) is 11.1 Å². The average molecular weight is 507 g/mol. The van der Waals surface area contributed by atoms with E-state index in [4.69, 9.17) is 21.1 Å². The molecular weight excluding hydrogens is 471 g/mol. The number of halogens is 2. The number of nitrogens with one attached hydrogen (secondary N) is 3. The predicted molar refractivity (Wildman–Crippen MR) is 138 cm³/mol. The molecule has 7 nitrogen and oxygen atoms in total. The molecule has 1 saturated carbocycles. The molecule has 192 valence electrons. The van der Waals surface area contributed by atoms with E-state index in [-0.39, 0.29) is 5.82 Å². The van der Waals surface area contributed by atoms with Crippen LogP contribution in [0, 0.1) is 5.82 Å². The molecule has 0 radical (unpaired) electrons. The van der Waals surface area contributed by atoms with Crippen molar-refractivity contribution < 1.29 is 19.0 Å². The number of aromatic nitrogens is 1. The summed E-state index contributed by atoms with van der Waals surface area (Å²) in [4.78, 5) is 4.44. The van der Waals surface area contributed by atoms with Crippen LogP contribution in [0.25, 0.3) is 11.1 Å². The van der Waals surface area contributed by atoms with Gasteiger partial charge in [0.25, 0.3) is 0 Å². The summed E-state index contributed by atoms with van der Waals surface area (Å²) in [5, 5.41) is 21.4. The second-order valence-corrected chi connectivity index (χ2v) is 9.98. The standard InChI is InChI=1S/C26H36ClFN4O3/c1-34-13-10-29-18-2-4-19(5-3-18)32-25-15-21(23(27)16-30-25)22-14-20(6-7-24(22)28)31-17-26(33)8-11-35-12-9-26/h6-7,14-16,18-19,29,31,33H,2-5,8-13,17H2,1H3,(H,30,32). The molecule has 1 aromatic carbocycles. The SMILES string of the molecule is COCCNC1CCC(Nc2cc(-c3cc(NCC4(O)CCOCC4)ccc3F)c(Cl)cn2)CC1. The number of aliphatic hydroxyl groups is 1. The first-order valence-electron chi connectivity index (χ1n) is 12.4. The number of pyridine rings is 1. The number of hydrogen-bond acceptors (Lipinski definition) is 7. The van der Waals surface area contributed by atoms with Crippen LogP contribution in [0.5, 0.6) is 0 Å². The Morgan fingerprint density at radius 3 is 2.63 bits per heavy atom. The monoisotopic (exact) mass is 506 g/mol. The van der Waals surface area contributed by atoms with Gasteiger partial charge in [-0.3, -0.25) is 0 Å². The lowest BCUT2D eigenvalue weighted by molar-refractivity contribution is -0.0543. The van der Waals surface area contributed by atoms with Gasteiger partial charge in [-0.2, -0.15) is 0 Å². The lowest BCUT2D eigenvalue weighted by atomic mass is 9.91. The third-order valence-corrected chi connectivity index (χ3v) is 7.28. The van der Waals surface area contributed by atoms with Crippen molar-refractivity contribution in [3.63, 3.8) is 0 Å². The van der Waals surface area contributed by atoms with Gasteiger partial charge in [0.1, 0.15) is 11.6 Å². The van der Waals surface area contributed by atoms with Crippen LogP contribution in [-0.4, -0.2) is 67.8 Å². The summed E-state index contributed by atoms with van der Waals surface area (Å²) in [6.45, 7) is 3.05. The summed E-state index contributed by atoms with van der Waals surface area (Å²) in [6.07, 6.45) is 6.96. The highest BCUT2D eigenvalue weighted by Crippen LogP contribution is 2.34. The molecular formula is C26H36ClFN4O3. The first-order chi connectivity index (χ1) is 17.0. The van der Waals surface area contributed by atoms with Crippen molar-refractivity contribution in [2.45, 2.75) is 56.2 Å². The zero-order valence-electron chi connectivity index (χ0n) is 20.3. The van der Waals surface area contributed by atoms with Crippen LogP contribution in [0.3, 0.4) is 0 Å². The molecule has 35 heavy (non-hydrogen) atoms. The molecule has 1 aromatic heterocycles. The van der Waals surface area contributed by atoms with Crippen LogP contribution in [0.4, 0.5) is 15.9 Å². The summed E-state index contributed by atoms with van der Waals surface area (Å²) in [5.74, 6) is 0.330. The molecule has 1 aliphatic carbocycles. The number of ether oxygens (including phenoxy) is 2.